The van der Waals surface area contributed by atoms with E-state index < -0.39 is 0 Å². The smallest absolute Gasteiger partial charge is 0.202 e. The van der Waals surface area contributed by atoms with Gasteiger partial charge in [-0.3, -0.25) is 9.59 Å². The predicted octanol–water partition coefficient (Wildman–Crippen LogP) is -0.108. The number of hydrogen-bond acceptors (Lipinski definition) is 4. The summed E-state index contributed by atoms with van der Waals surface area (Å²) in [6.07, 6.45) is 3.82. The van der Waals surface area contributed by atoms with Crippen LogP contribution in [-0.2, 0) is 9.59 Å². The van der Waals surface area contributed by atoms with Gasteiger partial charge in [-0.15, -0.1) is 0 Å². The van der Waals surface area contributed by atoms with Gasteiger partial charge in [0.1, 0.15) is 0 Å². The summed E-state index contributed by atoms with van der Waals surface area (Å²) in [5, 5.41) is 8.77. The molecule has 0 unspecified atom stereocenters. The van der Waals surface area contributed by atoms with Crippen LogP contribution in [0.25, 0.3) is 0 Å². The molecule has 0 amide bonds. The quantitative estimate of drug-likeness (QED) is 0.636. The molecule has 1 N–H and O–H groups in total. The van der Waals surface area contributed by atoms with Crippen molar-refractivity contribution >= 4 is 11.6 Å². The molecule has 1 rings (SSSR count). The minimum absolute atomic E-state index is 0.0314. The standard InChI is InChI=1S/C10H13NO3/c1-2-11(5-6-12)9-7-8(13)3-4-10(9)14/h3-4,7,12H,2,5-6H2,1H3. The maximum atomic E-state index is 11.4. The molecule has 0 aromatic heterocycles. The second-order valence-electron chi connectivity index (χ2n) is 2.93. The molecule has 76 valence electrons. The topological polar surface area (TPSA) is 57.6 Å². The molecule has 14 heavy (non-hydrogen) atoms. The van der Waals surface area contributed by atoms with E-state index >= 15 is 0 Å². The van der Waals surface area contributed by atoms with Gasteiger partial charge in [-0.25, -0.2) is 0 Å². The first kappa shape index (κ1) is 10.7. The van der Waals surface area contributed by atoms with Gasteiger partial charge in [0.05, 0.1) is 12.3 Å². The summed E-state index contributed by atoms with van der Waals surface area (Å²) < 4.78 is 0. The molecule has 0 saturated heterocycles. The van der Waals surface area contributed by atoms with Crippen molar-refractivity contribution in [1.82, 2.24) is 4.90 Å². The van der Waals surface area contributed by atoms with Crippen molar-refractivity contribution in [2.45, 2.75) is 6.92 Å². The molecule has 0 heterocycles. The summed E-state index contributed by atoms with van der Waals surface area (Å²) in [6, 6.07) is 0. The zero-order valence-corrected chi connectivity index (χ0v) is 8.06. The molecule has 0 aromatic carbocycles. The van der Waals surface area contributed by atoms with E-state index in [1.165, 1.54) is 18.2 Å². The lowest BCUT2D eigenvalue weighted by molar-refractivity contribution is -0.115. The highest BCUT2D eigenvalue weighted by atomic mass is 16.3. The Kier molecular flexibility index (Phi) is 3.59. The first-order chi connectivity index (χ1) is 6.69. The van der Waals surface area contributed by atoms with Gasteiger partial charge in [-0.2, -0.15) is 0 Å². The molecular weight excluding hydrogens is 182 g/mol. The molecule has 0 spiro atoms. The average molecular weight is 195 g/mol. The van der Waals surface area contributed by atoms with Crippen LogP contribution in [0, 0.1) is 0 Å². The Morgan fingerprint density at radius 1 is 1.36 bits per heavy atom. The number of hydrogen-bond donors (Lipinski definition) is 1. The summed E-state index contributed by atoms with van der Waals surface area (Å²) in [5.74, 6) is -0.365. The molecular formula is C10H13NO3. The number of carbonyl (C=O) groups is 2. The van der Waals surface area contributed by atoms with Crippen LogP contribution < -0.4 is 0 Å². The normalized spacial score (nSPS) is 15.7. The lowest BCUT2D eigenvalue weighted by Crippen LogP contribution is -2.31. The van der Waals surface area contributed by atoms with Crippen molar-refractivity contribution in [3.05, 3.63) is 23.9 Å². The zero-order chi connectivity index (χ0) is 10.6. The number of nitrogens with zero attached hydrogens (tertiary/aromatic N) is 1. The second-order valence-corrected chi connectivity index (χ2v) is 2.93. The minimum Gasteiger partial charge on any atom is -0.395 e. The van der Waals surface area contributed by atoms with E-state index in [2.05, 4.69) is 0 Å². The highest BCUT2D eigenvalue weighted by Crippen LogP contribution is 2.10. The highest BCUT2D eigenvalue weighted by Gasteiger charge is 2.17. The van der Waals surface area contributed by atoms with Crippen LogP contribution in [0.5, 0.6) is 0 Å². The van der Waals surface area contributed by atoms with E-state index in [9.17, 15) is 9.59 Å². The minimum atomic E-state index is -0.184. The zero-order valence-electron chi connectivity index (χ0n) is 8.06. The van der Waals surface area contributed by atoms with E-state index in [0.717, 1.165) is 0 Å². The fraction of sp³-hybridized carbons (Fsp3) is 0.400. The van der Waals surface area contributed by atoms with Crippen molar-refractivity contribution in [3.63, 3.8) is 0 Å². The first-order valence-corrected chi connectivity index (χ1v) is 4.53. The van der Waals surface area contributed by atoms with E-state index in [1.807, 2.05) is 6.92 Å². The molecule has 0 atom stereocenters. The van der Waals surface area contributed by atoms with Gasteiger partial charge in [-0.1, -0.05) is 0 Å². The number of rotatable bonds is 4. The summed E-state index contributed by atoms with van der Waals surface area (Å²) >= 11 is 0. The molecule has 0 fully saturated rings. The Bertz CT molecular complexity index is 304. The predicted molar refractivity (Wildman–Crippen MR) is 51.6 cm³/mol. The Morgan fingerprint density at radius 2 is 2.07 bits per heavy atom. The van der Waals surface area contributed by atoms with Crippen LogP contribution in [0.3, 0.4) is 0 Å². The summed E-state index contributed by atoms with van der Waals surface area (Å²) in [5.41, 5.74) is 0.369. The third-order valence-corrected chi connectivity index (χ3v) is 2.02. The molecule has 1 aliphatic rings. The van der Waals surface area contributed by atoms with Crippen LogP contribution >= 0.6 is 0 Å². The number of aliphatic hydroxyl groups excluding tert-OH is 1. The summed E-state index contributed by atoms with van der Waals surface area (Å²) in [6.45, 7) is 2.80. The van der Waals surface area contributed by atoms with Crippen LogP contribution in [0.1, 0.15) is 6.92 Å². The Morgan fingerprint density at radius 3 is 2.64 bits per heavy atom. The molecule has 4 heteroatoms. The van der Waals surface area contributed by atoms with E-state index in [-0.39, 0.29) is 18.2 Å². The van der Waals surface area contributed by atoms with Crippen LogP contribution in [0.4, 0.5) is 0 Å². The van der Waals surface area contributed by atoms with Crippen LogP contribution in [-0.4, -0.2) is 41.3 Å². The largest absolute Gasteiger partial charge is 0.395 e. The van der Waals surface area contributed by atoms with Crippen LogP contribution in [0.2, 0.25) is 0 Å². The molecule has 0 saturated carbocycles. The first-order valence-electron chi connectivity index (χ1n) is 4.53. The molecule has 0 aromatic rings. The van der Waals surface area contributed by atoms with E-state index in [1.54, 1.807) is 4.90 Å². The highest BCUT2D eigenvalue weighted by molar-refractivity contribution is 6.16. The number of ketones is 2. The van der Waals surface area contributed by atoms with Crippen molar-refractivity contribution in [2.75, 3.05) is 19.7 Å². The Balaban J connectivity index is 2.83. The lowest BCUT2D eigenvalue weighted by atomic mass is 10.1. The van der Waals surface area contributed by atoms with Gasteiger partial charge in [0.2, 0.25) is 5.78 Å². The van der Waals surface area contributed by atoms with Crippen molar-refractivity contribution in [1.29, 1.82) is 0 Å². The fourth-order valence-electron chi connectivity index (χ4n) is 1.31. The van der Waals surface area contributed by atoms with Gasteiger partial charge < -0.3 is 10.0 Å². The fourth-order valence-corrected chi connectivity index (χ4v) is 1.31. The second kappa shape index (κ2) is 4.72. The summed E-state index contributed by atoms with van der Waals surface area (Å²) in [7, 11) is 0. The number of allylic oxidation sites excluding steroid dienone is 3. The van der Waals surface area contributed by atoms with Crippen LogP contribution in [0.15, 0.2) is 23.9 Å². The number of aliphatic hydroxyl groups is 1. The monoisotopic (exact) mass is 195 g/mol. The van der Waals surface area contributed by atoms with Crippen molar-refractivity contribution in [2.24, 2.45) is 0 Å². The van der Waals surface area contributed by atoms with Crippen molar-refractivity contribution < 1.29 is 14.7 Å². The molecule has 4 nitrogen and oxygen atoms in total. The molecule has 0 bridgehead atoms. The van der Waals surface area contributed by atoms with Gasteiger partial charge in [0.15, 0.2) is 5.78 Å². The number of likely N-dealkylation sites (N-methyl/N-ethyl adjacent to an activating group) is 1. The maximum Gasteiger partial charge on any atom is 0.202 e. The van der Waals surface area contributed by atoms with Crippen molar-refractivity contribution in [3.8, 4) is 0 Å². The van der Waals surface area contributed by atoms with E-state index in [0.29, 0.717) is 18.8 Å². The molecule has 0 aliphatic heterocycles. The van der Waals surface area contributed by atoms with Gasteiger partial charge in [0, 0.05) is 19.2 Å². The van der Waals surface area contributed by atoms with Gasteiger partial charge in [0.25, 0.3) is 0 Å². The van der Waals surface area contributed by atoms with Gasteiger partial charge >= 0.3 is 0 Å². The van der Waals surface area contributed by atoms with E-state index in [4.69, 9.17) is 5.11 Å². The molecule has 1 aliphatic carbocycles. The van der Waals surface area contributed by atoms with Gasteiger partial charge in [-0.05, 0) is 19.1 Å². The Hall–Kier alpha value is -1.42. The Labute approximate surface area is 82.5 Å². The number of carbonyl (C=O) groups excluding carboxylic acids is 2. The maximum absolute atomic E-state index is 11.4. The third-order valence-electron chi connectivity index (χ3n) is 2.02. The SMILES string of the molecule is CCN(CCO)C1=CC(=O)C=CC1=O. The third kappa shape index (κ3) is 2.29. The molecule has 0 radical (unpaired) electrons. The average Bonchev–Trinajstić information content (AvgIpc) is 2.18. The lowest BCUT2D eigenvalue weighted by Gasteiger charge is -2.24. The summed E-state index contributed by atoms with van der Waals surface area (Å²) in [4.78, 5) is 24.1.